The SMILES string of the molecule is CC(C)C(C)C1CNc2ccc([N+](=O)[O-])cc21. The Kier molecular flexibility index (Phi) is 3.05. The van der Waals surface area contributed by atoms with Gasteiger partial charge in [-0.3, -0.25) is 10.1 Å². The predicted molar refractivity (Wildman–Crippen MR) is 68.3 cm³/mol. The molecule has 4 nitrogen and oxygen atoms in total. The molecule has 1 heterocycles. The summed E-state index contributed by atoms with van der Waals surface area (Å²) in [4.78, 5) is 10.5. The molecule has 2 unspecified atom stereocenters. The Labute approximate surface area is 101 Å². The molecule has 0 spiro atoms. The van der Waals surface area contributed by atoms with Gasteiger partial charge in [-0.15, -0.1) is 0 Å². The molecule has 0 saturated heterocycles. The molecule has 0 aliphatic carbocycles. The van der Waals surface area contributed by atoms with Crippen molar-refractivity contribution in [2.75, 3.05) is 11.9 Å². The lowest BCUT2D eigenvalue weighted by atomic mass is 9.82. The van der Waals surface area contributed by atoms with Crippen molar-refractivity contribution in [3.05, 3.63) is 33.9 Å². The highest BCUT2D eigenvalue weighted by Gasteiger charge is 2.30. The van der Waals surface area contributed by atoms with E-state index in [9.17, 15) is 10.1 Å². The standard InChI is InChI=1S/C13H18N2O2/c1-8(2)9(3)12-7-14-13-5-4-10(15(16)17)6-11(12)13/h4-6,8-9,12,14H,7H2,1-3H3. The number of anilines is 1. The first-order chi connectivity index (χ1) is 8.00. The third kappa shape index (κ3) is 2.12. The molecule has 1 aromatic carbocycles. The second-order valence-corrected chi connectivity index (χ2v) is 5.12. The van der Waals surface area contributed by atoms with E-state index in [4.69, 9.17) is 0 Å². The van der Waals surface area contributed by atoms with Crippen LogP contribution in [0.2, 0.25) is 0 Å². The Morgan fingerprint density at radius 2 is 2.12 bits per heavy atom. The van der Waals surface area contributed by atoms with Crippen LogP contribution in [0.25, 0.3) is 0 Å². The maximum absolute atomic E-state index is 10.8. The first-order valence-electron chi connectivity index (χ1n) is 6.03. The second kappa shape index (κ2) is 4.35. The number of nitro groups is 1. The van der Waals surface area contributed by atoms with Gasteiger partial charge in [0.2, 0.25) is 0 Å². The van der Waals surface area contributed by atoms with Crippen LogP contribution in [-0.2, 0) is 0 Å². The van der Waals surface area contributed by atoms with Gasteiger partial charge in [0.25, 0.3) is 5.69 Å². The molecule has 2 atom stereocenters. The van der Waals surface area contributed by atoms with Crippen LogP contribution in [0.3, 0.4) is 0 Å². The van der Waals surface area contributed by atoms with E-state index in [1.165, 1.54) is 0 Å². The number of nitro benzene ring substituents is 1. The minimum atomic E-state index is -0.324. The van der Waals surface area contributed by atoms with Gasteiger partial charge in [-0.25, -0.2) is 0 Å². The van der Waals surface area contributed by atoms with E-state index in [0.717, 1.165) is 17.8 Å². The summed E-state index contributed by atoms with van der Waals surface area (Å²) in [5.41, 5.74) is 2.34. The molecule has 0 fully saturated rings. The molecule has 0 saturated carbocycles. The normalized spacial score (nSPS) is 19.9. The molecule has 1 aliphatic rings. The van der Waals surface area contributed by atoms with Gasteiger partial charge in [0, 0.05) is 30.3 Å². The first kappa shape index (κ1) is 11.9. The van der Waals surface area contributed by atoms with Crippen molar-refractivity contribution in [3.63, 3.8) is 0 Å². The lowest BCUT2D eigenvalue weighted by Gasteiger charge is -2.22. The third-order valence-corrected chi connectivity index (χ3v) is 3.84. The number of fused-ring (bicyclic) bond motifs is 1. The van der Waals surface area contributed by atoms with Crippen LogP contribution >= 0.6 is 0 Å². The van der Waals surface area contributed by atoms with Gasteiger partial charge in [0.05, 0.1) is 4.92 Å². The summed E-state index contributed by atoms with van der Waals surface area (Å²) in [6.45, 7) is 7.49. The average Bonchev–Trinajstić information content (AvgIpc) is 2.70. The van der Waals surface area contributed by atoms with Gasteiger partial charge < -0.3 is 5.32 Å². The van der Waals surface area contributed by atoms with Gasteiger partial charge >= 0.3 is 0 Å². The van der Waals surface area contributed by atoms with E-state index in [1.807, 2.05) is 6.07 Å². The van der Waals surface area contributed by atoms with E-state index >= 15 is 0 Å². The second-order valence-electron chi connectivity index (χ2n) is 5.12. The first-order valence-corrected chi connectivity index (χ1v) is 6.03. The van der Waals surface area contributed by atoms with Crippen LogP contribution in [0.15, 0.2) is 18.2 Å². The van der Waals surface area contributed by atoms with Crippen molar-refractivity contribution in [2.45, 2.75) is 26.7 Å². The fourth-order valence-electron chi connectivity index (χ4n) is 2.40. The molecule has 0 bridgehead atoms. The van der Waals surface area contributed by atoms with Gasteiger partial charge in [0.1, 0.15) is 0 Å². The predicted octanol–water partition coefficient (Wildman–Crippen LogP) is 3.40. The monoisotopic (exact) mass is 234 g/mol. The quantitative estimate of drug-likeness (QED) is 0.644. The van der Waals surface area contributed by atoms with Crippen molar-refractivity contribution in [1.29, 1.82) is 0 Å². The molecule has 0 radical (unpaired) electrons. The Bertz CT molecular complexity index is 443. The molecular formula is C13H18N2O2. The summed E-state index contributed by atoms with van der Waals surface area (Å²) < 4.78 is 0. The summed E-state index contributed by atoms with van der Waals surface area (Å²) in [6, 6.07) is 5.10. The maximum atomic E-state index is 10.8. The summed E-state index contributed by atoms with van der Waals surface area (Å²) in [7, 11) is 0. The Morgan fingerprint density at radius 3 is 2.71 bits per heavy atom. The lowest BCUT2D eigenvalue weighted by molar-refractivity contribution is -0.384. The van der Waals surface area contributed by atoms with Crippen LogP contribution in [0.5, 0.6) is 0 Å². The number of hydrogen-bond acceptors (Lipinski definition) is 3. The van der Waals surface area contributed by atoms with E-state index in [0.29, 0.717) is 17.8 Å². The average molecular weight is 234 g/mol. The molecule has 4 heteroatoms. The number of non-ortho nitro benzene ring substituents is 1. The molecule has 1 N–H and O–H groups in total. The third-order valence-electron chi connectivity index (χ3n) is 3.84. The molecule has 0 amide bonds. The number of nitrogens with zero attached hydrogens (tertiary/aromatic N) is 1. The zero-order valence-corrected chi connectivity index (χ0v) is 10.4. The minimum Gasteiger partial charge on any atom is -0.384 e. The molecule has 17 heavy (non-hydrogen) atoms. The molecule has 2 rings (SSSR count). The fraction of sp³-hybridized carbons (Fsp3) is 0.538. The highest BCUT2D eigenvalue weighted by Crippen LogP contribution is 2.40. The maximum Gasteiger partial charge on any atom is 0.269 e. The van der Waals surface area contributed by atoms with Crippen molar-refractivity contribution in [2.24, 2.45) is 11.8 Å². The fourth-order valence-corrected chi connectivity index (χ4v) is 2.40. The van der Waals surface area contributed by atoms with Gasteiger partial charge in [-0.05, 0) is 23.5 Å². The molecule has 1 aliphatic heterocycles. The van der Waals surface area contributed by atoms with Crippen LogP contribution in [0.1, 0.15) is 32.3 Å². The molecular weight excluding hydrogens is 216 g/mol. The molecule has 92 valence electrons. The van der Waals surface area contributed by atoms with Gasteiger partial charge in [-0.1, -0.05) is 20.8 Å². The molecule has 0 aromatic heterocycles. The summed E-state index contributed by atoms with van der Waals surface area (Å²) in [6.07, 6.45) is 0. The minimum absolute atomic E-state index is 0.188. The number of rotatable bonds is 3. The molecule has 1 aromatic rings. The summed E-state index contributed by atoms with van der Waals surface area (Å²) in [5.74, 6) is 1.47. The highest BCUT2D eigenvalue weighted by atomic mass is 16.6. The Morgan fingerprint density at radius 1 is 1.41 bits per heavy atom. The number of hydrogen-bond donors (Lipinski definition) is 1. The van der Waals surface area contributed by atoms with E-state index < -0.39 is 0 Å². The lowest BCUT2D eigenvalue weighted by Crippen LogP contribution is -2.17. The number of nitrogens with one attached hydrogen (secondary N) is 1. The van der Waals surface area contributed by atoms with Crippen molar-refractivity contribution in [1.82, 2.24) is 0 Å². The zero-order chi connectivity index (χ0) is 12.6. The topological polar surface area (TPSA) is 55.2 Å². The number of benzene rings is 1. The summed E-state index contributed by atoms with van der Waals surface area (Å²) in [5, 5.41) is 14.1. The van der Waals surface area contributed by atoms with E-state index in [2.05, 4.69) is 26.1 Å². The van der Waals surface area contributed by atoms with Crippen LogP contribution in [0.4, 0.5) is 11.4 Å². The van der Waals surface area contributed by atoms with Gasteiger partial charge in [0.15, 0.2) is 0 Å². The van der Waals surface area contributed by atoms with Crippen LogP contribution in [0, 0.1) is 22.0 Å². The Balaban J connectivity index is 2.35. The van der Waals surface area contributed by atoms with Crippen molar-refractivity contribution in [3.8, 4) is 0 Å². The Hall–Kier alpha value is -1.58. The smallest absolute Gasteiger partial charge is 0.269 e. The zero-order valence-electron chi connectivity index (χ0n) is 10.4. The van der Waals surface area contributed by atoms with E-state index in [-0.39, 0.29) is 10.6 Å². The van der Waals surface area contributed by atoms with Crippen molar-refractivity contribution >= 4 is 11.4 Å². The van der Waals surface area contributed by atoms with Crippen LogP contribution in [-0.4, -0.2) is 11.5 Å². The highest BCUT2D eigenvalue weighted by molar-refractivity contribution is 5.61. The van der Waals surface area contributed by atoms with E-state index in [1.54, 1.807) is 12.1 Å². The summed E-state index contributed by atoms with van der Waals surface area (Å²) >= 11 is 0. The van der Waals surface area contributed by atoms with Gasteiger partial charge in [-0.2, -0.15) is 0 Å². The largest absolute Gasteiger partial charge is 0.384 e. The van der Waals surface area contributed by atoms with Crippen LogP contribution < -0.4 is 5.32 Å². The van der Waals surface area contributed by atoms with Crippen molar-refractivity contribution < 1.29 is 4.92 Å².